The molecule has 0 radical (unpaired) electrons. The highest BCUT2D eigenvalue weighted by atomic mass is 35.5. The molecule has 1 aromatic carbocycles. The molecule has 14 heteroatoms. The minimum Gasteiger partial charge on any atom is -0.504 e. The topological polar surface area (TPSA) is 150 Å². The van der Waals surface area contributed by atoms with E-state index in [0.29, 0.717) is 79.7 Å². The number of methoxy groups -OCH3 is 2. The summed E-state index contributed by atoms with van der Waals surface area (Å²) in [6, 6.07) is 3.14. The smallest absolute Gasteiger partial charge is 0.263 e. The van der Waals surface area contributed by atoms with Crippen LogP contribution in [-0.4, -0.2) is 76.9 Å². The summed E-state index contributed by atoms with van der Waals surface area (Å²) in [6.45, 7) is 2.82. The Bertz CT molecular complexity index is 1810. The van der Waals surface area contributed by atoms with Crippen LogP contribution in [0.3, 0.4) is 0 Å². The summed E-state index contributed by atoms with van der Waals surface area (Å²) in [6.07, 6.45) is 4.99. The predicted octanol–water partition coefficient (Wildman–Crippen LogP) is 2.87. The average molecular weight is 609 g/mol. The zero-order chi connectivity index (χ0) is 30.2. The van der Waals surface area contributed by atoms with Gasteiger partial charge in [0.05, 0.1) is 55.3 Å². The number of halogens is 1. The molecule has 43 heavy (non-hydrogen) atoms. The first-order valence-electron chi connectivity index (χ1n) is 13.7. The van der Waals surface area contributed by atoms with Gasteiger partial charge in [0.1, 0.15) is 23.8 Å². The summed E-state index contributed by atoms with van der Waals surface area (Å²) in [7, 11) is 2.72. The highest BCUT2D eigenvalue weighted by Gasteiger charge is 2.27. The Labute approximate surface area is 250 Å². The van der Waals surface area contributed by atoms with Crippen LogP contribution in [-0.2, 0) is 29.0 Å². The van der Waals surface area contributed by atoms with Gasteiger partial charge >= 0.3 is 0 Å². The van der Waals surface area contributed by atoms with Crippen LogP contribution in [0.4, 0.5) is 11.5 Å². The van der Waals surface area contributed by atoms with Crippen molar-refractivity contribution in [3.8, 4) is 28.4 Å². The lowest BCUT2D eigenvalue weighted by molar-refractivity contribution is -0.116. The van der Waals surface area contributed by atoms with Crippen molar-refractivity contribution >= 4 is 46.3 Å². The number of aldehydes is 1. The third-order valence-electron chi connectivity index (χ3n) is 7.67. The molecule has 0 bridgehead atoms. The fourth-order valence-corrected chi connectivity index (χ4v) is 5.77. The van der Waals surface area contributed by atoms with Crippen molar-refractivity contribution in [2.45, 2.75) is 25.9 Å². The number of rotatable bonds is 8. The molecule has 1 saturated heterocycles. The maximum atomic E-state index is 13.8. The van der Waals surface area contributed by atoms with Crippen LogP contribution in [0.5, 0.6) is 17.2 Å². The van der Waals surface area contributed by atoms with E-state index in [2.05, 4.69) is 10.3 Å². The summed E-state index contributed by atoms with van der Waals surface area (Å²) < 4.78 is 19.5. The number of nitrogens with zero attached hydrogens (tertiary/aromatic N) is 5. The first kappa shape index (κ1) is 28.5. The Hall–Kier alpha value is -4.62. The fraction of sp³-hybridized carbons (Fsp3) is 0.345. The van der Waals surface area contributed by atoms with Crippen LogP contribution in [0, 0.1) is 0 Å². The number of hydrogen-bond acceptors (Lipinski definition) is 10. The van der Waals surface area contributed by atoms with Gasteiger partial charge in [0.2, 0.25) is 11.7 Å². The lowest BCUT2D eigenvalue weighted by Gasteiger charge is -2.28. The van der Waals surface area contributed by atoms with Gasteiger partial charge in [0, 0.05) is 49.4 Å². The summed E-state index contributed by atoms with van der Waals surface area (Å²) in [5.74, 6) is 0.566. The molecular formula is C29H29ClN6O7. The van der Waals surface area contributed by atoms with Gasteiger partial charge in [0.15, 0.2) is 17.8 Å². The van der Waals surface area contributed by atoms with Crippen molar-refractivity contribution in [3.05, 3.63) is 51.3 Å². The minimum atomic E-state index is -0.407. The van der Waals surface area contributed by atoms with Crippen molar-refractivity contribution < 1.29 is 28.9 Å². The van der Waals surface area contributed by atoms with E-state index < -0.39 is 5.91 Å². The third kappa shape index (κ3) is 5.04. The number of anilines is 2. The van der Waals surface area contributed by atoms with Crippen LogP contribution < -0.4 is 25.2 Å². The van der Waals surface area contributed by atoms with Gasteiger partial charge < -0.3 is 34.1 Å². The standard InChI is InChI=1S/C29H29ClN6O7/c1-41-26-17(10-16(15-37)25(39)27(26)42-2)18-13-35(28-24(18)29(40)36-5-3-4-21(36)33-28)14-23(38)32-20-11-22(31-12-19(20)30)34-6-8-43-9-7-34/h10-13,15,39H,3-9,14H2,1-2H3,(H,31,32,38). The summed E-state index contributed by atoms with van der Waals surface area (Å²) in [5, 5.41) is 13.9. The number of nitrogens with one attached hydrogen (secondary N) is 1. The predicted molar refractivity (Wildman–Crippen MR) is 159 cm³/mol. The van der Waals surface area contributed by atoms with Gasteiger partial charge in [-0.3, -0.25) is 19.0 Å². The fourth-order valence-electron chi connectivity index (χ4n) is 5.62. The molecule has 2 aliphatic rings. The van der Waals surface area contributed by atoms with Crippen molar-refractivity contribution in [2.24, 2.45) is 0 Å². The van der Waals surface area contributed by atoms with E-state index in [-0.39, 0.29) is 45.3 Å². The second kappa shape index (κ2) is 11.6. The number of aromatic hydroxyl groups is 1. The SMILES string of the molecule is COc1c(-c2cn(CC(=O)Nc3cc(N4CCOCC4)ncc3Cl)c3nc4n(c(=O)c23)CCC4)cc(C=O)c(O)c1OC. The molecule has 0 spiro atoms. The molecule has 3 aromatic heterocycles. The normalized spacial score (nSPS) is 14.5. The number of ether oxygens (including phenoxy) is 3. The number of carbonyl (C=O) groups is 2. The molecule has 5 heterocycles. The van der Waals surface area contributed by atoms with Gasteiger partial charge in [-0.1, -0.05) is 11.6 Å². The van der Waals surface area contributed by atoms with Crippen LogP contribution >= 0.6 is 11.6 Å². The number of phenolic OH excluding ortho intramolecular Hbond substituents is 1. The van der Waals surface area contributed by atoms with E-state index in [4.69, 9.17) is 30.8 Å². The molecule has 1 amide bonds. The van der Waals surface area contributed by atoms with Crippen LogP contribution in [0.2, 0.25) is 5.02 Å². The van der Waals surface area contributed by atoms with Gasteiger partial charge in [-0.15, -0.1) is 0 Å². The molecule has 224 valence electrons. The molecule has 0 saturated carbocycles. The second-order valence-electron chi connectivity index (χ2n) is 10.2. The van der Waals surface area contributed by atoms with Gasteiger partial charge in [0.25, 0.3) is 5.56 Å². The third-order valence-corrected chi connectivity index (χ3v) is 7.97. The largest absolute Gasteiger partial charge is 0.504 e. The van der Waals surface area contributed by atoms with E-state index in [9.17, 15) is 19.5 Å². The van der Waals surface area contributed by atoms with Crippen LogP contribution in [0.1, 0.15) is 22.6 Å². The first-order valence-corrected chi connectivity index (χ1v) is 14.1. The van der Waals surface area contributed by atoms with Crippen molar-refractivity contribution in [1.29, 1.82) is 0 Å². The highest BCUT2D eigenvalue weighted by molar-refractivity contribution is 6.33. The van der Waals surface area contributed by atoms with E-state index in [0.717, 1.165) is 6.42 Å². The van der Waals surface area contributed by atoms with Crippen molar-refractivity contribution in [1.82, 2.24) is 19.1 Å². The zero-order valence-electron chi connectivity index (χ0n) is 23.6. The second-order valence-corrected chi connectivity index (χ2v) is 10.6. The number of benzene rings is 1. The van der Waals surface area contributed by atoms with E-state index in [1.165, 1.54) is 26.5 Å². The number of pyridine rings is 1. The molecule has 13 nitrogen and oxygen atoms in total. The van der Waals surface area contributed by atoms with Gasteiger partial charge in [-0.2, -0.15) is 0 Å². The van der Waals surface area contributed by atoms with Crippen LogP contribution in [0.15, 0.2) is 29.3 Å². The quantitative estimate of drug-likeness (QED) is 0.286. The molecule has 0 atom stereocenters. The number of fused-ring (bicyclic) bond motifs is 2. The Balaban J connectivity index is 1.43. The maximum Gasteiger partial charge on any atom is 0.263 e. The molecule has 4 aromatic rings. The number of morpholine rings is 1. The van der Waals surface area contributed by atoms with Crippen molar-refractivity contribution in [3.63, 3.8) is 0 Å². The lowest BCUT2D eigenvalue weighted by atomic mass is 10.0. The first-order chi connectivity index (χ1) is 20.8. The molecule has 1 fully saturated rings. The lowest BCUT2D eigenvalue weighted by Crippen LogP contribution is -2.36. The summed E-state index contributed by atoms with van der Waals surface area (Å²) in [5.41, 5.74) is 1.07. The van der Waals surface area contributed by atoms with E-state index in [1.807, 2.05) is 4.90 Å². The Morgan fingerprint density at radius 3 is 2.65 bits per heavy atom. The number of carbonyl (C=O) groups excluding carboxylic acids is 2. The molecule has 6 rings (SSSR count). The number of aryl methyl sites for hydroxylation is 1. The Morgan fingerprint density at radius 1 is 1.16 bits per heavy atom. The summed E-state index contributed by atoms with van der Waals surface area (Å²) >= 11 is 6.39. The molecule has 0 unspecified atom stereocenters. The minimum absolute atomic E-state index is 0.0519. The highest BCUT2D eigenvalue weighted by Crippen LogP contribution is 2.47. The number of aromatic nitrogens is 4. The Morgan fingerprint density at radius 2 is 1.93 bits per heavy atom. The summed E-state index contributed by atoms with van der Waals surface area (Å²) in [4.78, 5) is 50.3. The van der Waals surface area contributed by atoms with E-state index in [1.54, 1.807) is 21.4 Å². The maximum absolute atomic E-state index is 13.8. The average Bonchev–Trinajstić information content (AvgIpc) is 3.64. The number of hydrogen-bond donors (Lipinski definition) is 2. The van der Waals surface area contributed by atoms with Crippen LogP contribution in [0.25, 0.3) is 22.2 Å². The molecule has 2 aliphatic heterocycles. The van der Waals surface area contributed by atoms with Crippen molar-refractivity contribution in [2.75, 3.05) is 50.7 Å². The number of phenols is 1. The number of amides is 1. The van der Waals surface area contributed by atoms with Gasteiger partial charge in [-0.05, 0) is 12.5 Å². The zero-order valence-corrected chi connectivity index (χ0v) is 24.3. The van der Waals surface area contributed by atoms with Gasteiger partial charge in [-0.25, -0.2) is 9.97 Å². The monoisotopic (exact) mass is 608 g/mol. The van der Waals surface area contributed by atoms with E-state index >= 15 is 0 Å². The molecule has 2 N–H and O–H groups in total. The Kier molecular flexibility index (Phi) is 7.67. The molecule has 0 aliphatic carbocycles. The molecular weight excluding hydrogens is 580 g/mol.